The van der Waals surface area contributed by atoms with Crippen LogP contribution in [-0.2, 0) is 0 Å². The van der Waals surface area contributed by atoms with Gasteiger partial charge in [-0.25, -0.2) is 14.4 Å². The monoisotopic (exact) mass is 273 g/mol. The number of aromatic nitrogens is 3. The molecule has 4 heteroatoms. The van der Waals surface area contributed by atoms with Gasteiger partial charge in [0.15, 0.2) is 0 Å². The Morgan fingerprint density at radius 2 is 1.62 bits per heavy atom. The molecule has 2 heterocycles. The summed E-state index contributed by atoms with van der Waals surface area (Å²) in [6.45, 7) is 0. The van der Waals surface area contributed by atoms with Crippen molar-refractivity contribution >= 4 is 16.6 Å². The molecule has 0 aliphatic rings. The van der Waals surface area contributed by atoms with Crippen LogP contribution in [0.3, 0.4) is 0 Å². The summed E-state index contributed by atoms with van der Waals surface area (Å²) in [6.07, 6.45) is 3.18. The van der Waals surface area contributed by atoms with Crippen LogP contribution < -0.4 is 5.56 Å². The third-order valence-electron chi connectivity index (χ3n) is 3.54. The van der Waals surface area contributed by atoms with Crippen LogP contribution in [0.2, 0.25) is 0 Å². The number of hydrogen-bond acceptors (Lipinski definition) is 3. The van der Waals surface area contributed by atoms with Gasteiger partial charge in [0, 0.05) is 11.6 Å². The Morgan fingerprint density at radius 1 is 0.857 bits per heavy atom. The minimum absolute atomic E-state index is 0.107. The smallest absolute Gasteiger partial charge is 0.266 e. The van der Waals surface area contributed by atoms with Crippen LogP contribution in [0, 0.1) is 0 Å². The molecule has 2 aromatic carbocycles. The second kappa shape index (κ2) is 4.52. The standard InChI is InChI=1S/C17H11N3O/c21-17-14(12-6-2-1-3-7-12)10-18-16-13-8-4-5-9-15(13)19-11-20(16)17/h1-11H. The molecule has 0 spiro atoms. The summed E-state index contributed by atoms with van der Waals surface area (Å²) >= 11 is 0. The summed E-state index contributed by atoms with van der Waals surface area (Å²) in [5.74, 6) is 0. The third-order valence-corrected chi connectivity index (χ3v) is 3.54. The summed E-state index contributed by atoms with van der Waals surface area (Å²) in [5.41, 5.74) is 2.79. The van der Waals surface area contributed by atoms with Crippen LogP contribution >= 0.6 is 0 Å². The Kier molecular flexibility index (Phi) is 2.54. The predicted molar refractivity (Wildman–Crippen MR) is 82.2 cm³/mol. The molecule has 0 amide bonds. The van der Waals surface area contributed by atoms with Crippen molar-refractivity contribution in [2.24, 2.45) is 0 Å². The van der Waals surface area contributed by atoms with E-state index in [9.17, 15) is 4.79 Å². The zero-order chi connectivity index (χ0) is 14.2. The van der Waals surface area contributed by atoms with Gasteiger partial charge in [0.25, 0.3) is 5.56 Å². The van der Waals surface area contributed by atoms with Crippen molar-refractivity contribution in [3.05, 3.63) is 77.5 Å². The number of para-hydroxylation sites is 1. The normalized spacial score (nSPS) is 11.0. The molecule has 0 fully saturated rings. The van der Waals surface area contributed by atoms with E-state index in [2.05, 4.69) is 9.97 Å². The molecule has 2 aromatic heterocycles. The third kappa shape index (κ3) is 1.80. The van der Waals surface area contributed by atoms with E-state index in [4.69, 9.17) is 0 Å². The first kappa shape index (κ1) is 11.8. The van der Waals surface area contributed by atoms with Crippen LogP contribution in [0.4, 0.5) is 0 Å². The van der Waals surface area contributed by atoms with E-state index in [-0.39, 0.29) is 5.56 Å². The maximum absolute atomic E-state index is 12.7. The molecule has 4 rings (SSSR count). The highest BCUT2D eigenvalue weighted by Crippen LogP contribution is 2.18. The van der Waals surface area contributed by atoms with Crippen LogP contribution in [0.5, 0.6) is 0 Å². The fraction of sp³-hybridized carbons (Fsp3) is 0. The van der Waals surface area contributed by atoms with E-state index in [0.29, 0.717) is 11.2 Å². The molecule has 21 heavy (non-hydrogen) atoms. The number of fused-ring (bicyclic) bond motifs is 3. The predicted octanol–water partition coefficient (Wildman–Crippen LogP) is 2.91. The zero-order valence-corrected chi connectivity index (χ0v) is 11.1. The SMILES string of the molecule is O=c1c(-c2ccccc2)cnc2c3ccccc3ncn12. The van der Waals surface area contributed by atoms with Crippen molar-refractivity contribution in [2.75, 3.05) is 0 Å². The Labute approximate surface area is 120 Å². The summed E-state index contributed by atoms with van der Waals surface area (Å²) in [4.78, 5) is 21.5. The molecule has 4 aromatic rings. The average Bonchev–Trinajstić information content (AvgIpc) is 2.56. The second-order valence-electron chi connectivity index (χ2n) is 4.80. The molecule has 4 nitrogen and oxygen atoms in total. The Bertz CT molecular complexity index is 1010. The van der Waals surface area contributed by atoms with Crippen molar-refractivity contribution in [1.82, 2.24) is 14.4 Å². The Morgan fingerprint density at radius 3 is 2.48 bits per heavy atom. The lowest BCUT2D eigenvalue weighted by Gasteiger charge is -2.06. The van der Waals surface area contributed by atoms with Crippen LogP contribution in [0.1, 0.15) is 0 Å². The van der Waals surface area contributed by atoms with Gasteiger partial charge < -0.3 is 0 Å². The van der Waals surface area contributed by atoms with Gasteiger partial charge in [-0.05, 0) is 17.7 Å². The number of benzene rings is 2. The summed E-state index contributed by atoms with van der Waals surface area (Å²) in [5, 5.41) is 0.872. The number of rotatable bonds is 1. The molecule has 0 radical (unpaired) electrons. The van der Waals surface area contributed by atoms with Crippen molar-refractivity contribution in [2.45, 2.75) is 0 Å². The molecule has 0 unspecified atom stereocenters. The van der Waals surface area contributed by atoms with Crippen molar-refractivity contribution < 1.29 is 0 Å². The van der Waals surface area contributed by atoms with Gasteiger partial charge in [-0.2, -0.15) is 0 Å². The molecule has 0 aliphatic carbocycles. The highest BCUT2D eigenvalue weighted by atomic mass is 16.1. The highest BCUT2D eigenvalue weighted by molar-refractivity contribution is 5.91. The van der Waals surface area contributed by atoms with E-state index in [1.165, 1.54) is 4.40 Å². The van der Waals surface area contributed by atoms with Gasteiger partial charge in [-0.15, -0.1) is 0 Å². The van der Waals surface area contributed by atoms with Gasteiger partial charge in [-0.3, -0.25) is 4.79 Å². The van der Waals surface area contributed by atoms with E-state index >= 15 is 0 Å². The molecule has 0 bridgehead atoms. The van der Waals surface area contributed by atoms with Crippen LogP contribution in [0.15, 0.2) is 71.9 Å². The molecule has 0 atom stereocenters. The fourth-order valence-corrected chi connectivity index (χ4v) is 2.49. The van der Waals surface area contributed by atoms with Crippen molar-refractivity contribution in [3.8, 4) is 11.1 Å². The molecule has 0 saturated heterocycles. The quantitative estimate of drug-likeness (QED) is 0.501. The lowest BCUT2D eigenvalue weighted by Crippen LogP contribution is -2.17. The van der Waals surface area contributed by atoms with Crippen LogP contribution in [-0.4, -0.2) is 14.4 Å². The molecule has 0 N–H and O–H groups in total. The lowest BCUT2D eigenvalue weighted by atomic mass is 10.1. The topological polar surface area (TPSA) is 47.3 Å². The molecule has 0 saturated carbocycles. The zero-order valence-electron chi connectivity index (χ0n) is 11.1. The second-order valence-corrected chi connectivity index (χ2v) is 4.80. The minimum atomic E-state index is -0.107. The van der Waals surface area contributed by atoms with E-state index in [1.807, 2.05) is 54.6 Å². The van der Waals surface area contributed by atoms with Gasteiger partial charge in [0.05, 0.1) is 11.1 Å². The first-order valence-corrected chi connectivity index (χ1v) is 6.65. The number of nitrogens with zero attached hydrogens (tertiary/aromatic N) is 3. The van der Waals surface area contributed by atoms with E-state index < -0.39 is 0 Å². The number of hydrogen-bond donors (Lipinski definition) is 0. The molecular formula is C17H11N3O. The van der Waals surface area contributed by atoms with Gasteiger partial charge in [0.2, 0.25) is 0 Å². The van der Waals surface area contributed by atoms with Crippen molar-refractivity contribution in [1.29, 1.82) is 0 Å². The molecule has 0 aliphatic heterocycles. The van der Waals surface area contributed by atoms with Gasteiger partial charge in [0.1, 0.15) is 12.0 Å². The summed E-state index contributed by atoms with van der Waals surface area (Å²) in [7, 11) is 0. The average molecular weight is 273 g/mol. The molecular weight excluding hydrogens is 262 g/mol. The van der Waals surface area contributed by atoms with Crippen LogP contribution in [0.25, 0.3) is 27.7 Å². The molecule has 100 valence electrons. The van der Waals surface area contributed by atoms with E-state index in [0.717, 1.165) is 16.5 Å². The summed E-state index contributed by atoms with van der Waals surface area (Å²) in [6, 6.07) is 17.2. The summed E-state index contributed by atoms with van der Waals surface area (Å²) < 4.78 is 1.50. The Hall–Kier alpha value is -3.01. The van der Waals surface area contributed by atoms with Gasteiger partial charge in [-0.1, -0.05) is 42.5 Å². The maximum atomic E-state index is 12.7. The van der Waals surface area contributed by atoms with Gasteiger partial charge >= 0.3 is 0 Å². The van der Waals surface area contributed by atoms with E-state index in [1.54, 1.807) is 12.5 Å². The Balaban J connectivity index is 2.09. The first-order chi connectivity index (χ1) is 10.3. The first-order valence-electron chi connectivity index (χ1n) is 6.65. The fourth-order valence-electron chi connectivity index (χ4n) is 2.49. The highest BCUT2D eigenvalue weighted by Gasteiger charge is 2.09. The lowest BCUT2D eigenvalue weighted by molar-refractivity contribution is 1.02. The largest absolute Gasteiger partial charge is 0.268 e. The maximum Gasteiger partial charge on any atom is 0.266 e. The minimum Gasteiger partial charge on any atom is -0.268 e. The van der Waals surface area contributed by atoms with Crippen molar-refractivity contribution in [3.63, 3.8) is 0 Å².